The minimum Gasteiger partial charge on any atom is -0.339 e. The van der Waals surface area contributed by atoms with E-state index >= 15 is 0 Å². The molecule has 2 aromatic carbocycles. The molecule has 128 valence electrons. The lowest BCUT2D eigenvalue weighted by Gasteiger charge is -2.29. The summed E-state index contributed by atoms with van der Waals surface area (Å²) in [5.41, 5.74) is 4.97. The van der Waals surface area contributed by atoms with Crippen LogP contribution >= 0.6 is 0 Å². The van der Waals surface area contributed by atoms with Gasteiger partial charge in [0.1, 0.15) is 11.9 Å². The lowest BCUT2D eigenvalue weighted by atomic mass is 10.0. The van der Waals surface area contributed by atoms with Gasteiger partial charge >= 0.3 is 0 Å². The summed E-state index contributed by atoms with van der Waals surface area (Å²) in [7, 11) is 0. The Morgan fingerprint density at radius 2 is 1.81 bits per heavy atom. The van der Waals surface area contributed by atoms with Crippen LogP contribution < -0.4 is 10.2 Å². The van der Waals surface area contributed by atoms with Crippen molar-refractivity contribution in [2.24, 2.45) is 0 Å². The highest BCUT2D eigenvalue weighted by molar-refractivity contribution is 5.65. The molecule has 4 rings (SSSR count). The topological polar surface area (TPSA) is 64.8 Å². The number of hydrogen-bond acceptors (Lipinski definition) is 5. The molecule has 0 saturated carbocycles. The Hall–Kier alpha value is -3.39. The molecule has 5 nitrogen and oxygen atoms in total. The van der Waals surface area contributed by atoms with Crippen molar-refractivity contribution in [3.8, 4) is 6.07 Å². The molecule has 2 heterocycles. The summed E-state index contributed by atoms with van der Waals surface area (Å²) in [5.74, 6) is 1.42. The van der Waals surface area contributed by atoms with E-state index in [2.05, 4.69) is 45.5 Å². The highest BCUT2D eigenvalue weighted by atomic mass is 15.3. The van der Waals surface area contributed by atoms with E-state index in [4.69, 9.17) is 4.98 Å². The fourth-order valence-corrected chi connectivity index (χ4v) is 3.25. The standard InChI is InChI=1S/C21H19N5/c1-15-12-20(24-19-9-5-4-7-17(19)13-22)25-21(23-15)26-11-10-16-6-2-3-8-18(16)14-26/h2-9,12H,10-11,14H2,1H3,(H,23,24,25). The molecule has 1 aliphatic rings. The van der Waals surface area contributed by atoms with Gasteiger partial charge in [0.15, 0.2) is 0 Å². The predicted octanol–water partition coefficient (Wildman–Crippen LogP) is 3.96. The average molecular weight is 341 g/mol. The Morgan fingerprint density at radius 1 is 1.04 bits per heavy atom. The summed E-state index contributed by atoms with van der Waals surface area (Å²) in [6.07, 6.45) is 0.994. The molecule has 1 aromatic heterocycles. The van der Waals surface area contributed by atoms with Crippen molar-refractivity contribution in [2.75, 3.05) is 16.8 Å². The lowest BCUT2D eigenvalue weighted by Crippen LogP contribution is -2.32. The molecule has 26 heavy (non-hydrogen) atoms. The summed E-state index contributed by atoms with van der Waals surface area (Å²) < 4.78 is 0. The zero-order valence-electron chi connectivity index (χ0n) is 14.6. The maximum absolute atomic E-state index is 9.27. The Balaban J connectivity index is 1.62. The van der Waals surface area contributed by atoms with Gasteiger partial charge in [0.05, 0.1) is 11.3 Å². The van der Waals surface area contributed by atoms with E-state index in [0.717, 1.165) is 36.8 Å². The quantitative estimate of drug-likeness (QED) is 0.781. The van der Waals surface area contributed by atoms with Crippen molar-refractivity contribution in [1.29, 1.82) is 5.26 Å². The fourth-order valence-electron chi connectivity index (χ4n) is 3.25. The van der Waals surface area contributed by atoms with Gasteiger partial charge in [-0.25, -0.2) is 4.98 Å². The Labute approximate surface area is 153 Å². The third kappa shape index (κ3) is 3.22. The highest BCUT2D eigenvalue weighted by Gasteiger charge is 2.19. The fraction of sp³-hybridized carbons (Fsp3) is 0.190. The van der Waals surface area contributed by atoms with E-state index in [1.165, 1.54) is 11.1 Å². The molecular weight excluding hydrogens is 322 g/mol. The van der Waals surface area contributed by atoms with E-state index in [0.29, 0.717) is 11.4 Å². The third-order valence-electron chi connectivity index (χ3n) is 4.57. The molecule has 3 aromatic rings. The molecule has 0 saturated heterocycles. The Bertz CT molecular complexity index is 990. The molecule has 0 amide bonds. The molecule has 0 spiro atoms. The van der Waals surface area contributed by atoms with E-state index in [9.17, 15) is 5.26 Å². The SMILES string of the molecule is Cc1cc(Nc2ccccc2C#N)nc(N2CCc3ccccc3C2)n1. The second-order valence-corrected chi connectivity index (χ2v) is 6.42. The molecule has 0 aliphatic carbocycles. The molecule has 1 N–H and O–H groups in total. The van der Waals surface area contributed by atoms with Crippen molar-refractivity contribution >= 4 is 17.5 Å². The number of aryl methyl sites for hydroxylation is 1. The average Bonchev–Trinajstić information content (AvgIpc) is 2.67. The van der Waals surface area contributed by atoms with E-state index < -0.39 is 0 Å². The maximum atomic E-state index is 9.27. The largest absolute Gasteiger partial charge is 0.339 e. The second-order valence-electron chi connectivity index (χ2n) is 6.42. The van der Waals surface area contributed by atoms with E-state index in [1.807, 2.05) is 31.2 Å². The van der Waals surface area contributed by atoms with Crippen LogP contribution in [-0.4, -0.2) is 16.5 Å². The van der Waals surface area contributed by atoms with Crippen molar-refractivity contribution in [1.82, 2.24) is 9.97 Å². The van der Waals surface area contributed by atoms with Crippen LogP contribution in [0.4, 0.5) is 17.5 Å². The number of fused-ring (bicyclic) bond motifs is 1. The number of anilines is 3. The molecule has 5 heteroatoms. The number of nitrogens with zero attached hydrogens (tertiary/aromatic N) is 4. The monoisotopic (exact) mass is 341 g/mol. The molecule has 1 aliphatic heterocycles. The zero-order chi connectivity index (χ0) is 17.9. The van der Waals surface area contributed by atoms with Gasteiger partial charge in [-0.2, -0.15) is 10.2 Å². The summed E-state index contributed by atoms with van der Waals surface area (Å²) in [6.45, 7) is 3.67. The van der Waals surface area contributed by atoms with Crippen LogP contribution in [0.2, 0.25) is 0 Å². The van der Waals surface area contributed by atoms with Gasteiger partial charge in [-0.05, 0) is 36.6 Å². The van der Waals surface area contributed by atoms with Crippen molar-refractivity contribution in [2.45, 2.75) is 19.9 Å². The second kappa shape index (κ2) is 6.85. The smallest absolute Gasteiger partial charge is 0.227 e. The van der Waals surface area contributed by atoms with Crippen molar-refractivity contribution in [3.05, 3.63) is 77.0 Å². The first-order chi connectivity index (χ1) is 12.7. The van der Waals surface area contributed by atoms with E-state index in [1.54, 1.807) is 6.07 Å². The van der Waals surface area contributed by atoms with Gasteiger partial charge in [0.2, 0.25) is 5.95 Å². The molecule has 0 bridgehead atoms. The van der Waals surface area contributed by atoms with E-state index in [-0.39, 0.29) is 0 Å². The highest BCUT2D eigenvalue weighted by Crippen LogP contribution is 2.25. The lowest BCUT2D eigenvalue weighted by molar-refractivity contribution is 0.706. The number of aromatic nitrogens is 2. The number of para-hydroxylation sites is 1. The number of nitrogens with one attached hydrogen (secondary N) is 1. The first-order valence-corrected chi connectivity index (χ1v) is 8.66. The van der Waals surface area contributed by atoms with Crippen LogP contribution in [0.1, 0.15) is 22.4 Å². The molecule has 0 fully saturated rings. The minimum absolute atomic E-state index is 0.595. The Morgan fingerprint density at radius 3 is 2.65 bits per heavy atom. The van der Waals surface area contributed by atoms with Crippen LogP contribution in [0.3, 0.4) is 0 Å². The zero-order valence-corrected chi connectivity index (χ0v) is 14.6. The maximum Gasteiger partial charge on any atom is 0.227 e. The first kappa shape index (κ1) is 16.1. The van der Waals surface area contributed by atoms with Crippen molar-refractivity contribution in [3.63, 3.8) is 0 Å². The van der Waals surface area contributed by atoms with Crippen LogP contribution in [0.25, 0.3) is 0 Å². The number of nitriles is 1. The Kier molecular flexibility index (Phi) is 4.24. The van der Waals surface area contributed by atoms with Crippen LogP contribution in [0.15, 0.2) is 54.6 Å². The van der Waals surface area contributed by atoms with Gasteiger partial charge in [0, 0.05) is 24.8 Å². The van der Waals surface area contributed by atoms with Gasteiger partial charge in [-0.1, -0.05) is 36.4 Å². The summed E-state index contributed by atoms with van der Waals surface area (Å²) in [6, 6.07) is 20.0. The van der Waals surface area contributed by atoms with Gasteiger partial charge < -0.3 is 10.2 Å². The third-order valence-corrected chi connectivity index (χ3v) is 4.57. The number of hydrogen-bond donors (Lipinski definition) is 1. The predicted molar refractivity (Wildman–Crippen MR) is 102 cm³/mol. The molecule has 0 radical (unpaired) electrons. The van der Waals surface area contributed by atoms with Gasteiger partial charge in [-0.15, -0.1) is 0 Å². The van der Waals surface area contributed by atoms with Crippen molar-refractivity contribution < 1.29 is 0 Å². The van der Waals surface area contributed by atoms with Crippen LogP contribution in [0, 0.1) is 18.3 Å². The van der Waals surface area contributed by atoms with Gasteiger partial charge in [0.25, 0.3) is 0 Å². The molecule has 0 atom stereocenters. The summed E-state index contributed by atoms with van der Waals surface area (Å²) in [4.78, 5) is 11.5. The molecular formula is C21H19N5. The first-order valence-electron chi connectivity index (χ1n) is 8.66. The number of benzene rings is 2. The number of rotatable bonds is 3. The normalized spacial score (nSPS) is 13.0. The molecule has 0 unspecified atom stereocenters. The minimum atomic E-state index is 0.595. The summed E-state index contributed by atoms with van der Waals surface area (Å²) >= 11 is 0. The van der Waals surface area contributed by atoms with Crippen LogP contribution in [0.5, 0.6) is 0 Å². The summed E-state index contributed by atoms with van der Waals surface area (Å²) in [5, 5.41) is 12.5. The van der Waals surface area contributed by atoms with Gasteiger partial charge in [-0.3, -0.25) is 0 Å². The van der Waals surface area contributed by atoms with Crippen LogP contribution in [-0.2, 0) is 13.0 Å².